The van der Waals surface area contributed by atoms with Gasteiger partial charge in [-0.15, -0.1) is 0 Å². The van der Waals surface area contributed by atoms with Crippen molar-refractivity contribution >= 4 is 49.4 Å². The van der Waals surface area contributed by atoms with Gasteiger partial charge in [0, 0.05) is 22.5 Å². The summed E-state index contributed by atoms with van der Waals surface area (Å²) in [4.78, 5) is 2.41. The molecule has 1 nitrogen and oxygen atoms in total. The number of hydrogen-bond acceptors (Lipinski definition) is 1. The second-order valence-electron chi connectivity index (χ2n) is 14.4. The maximum absolute atomic E-state index is 2.46. The van der Waals surface area contributed by atoms with Crippen LogP contribution in [-0.2, 0) is 5.41 Å². The predicted octanol–water partition coefficient (Wildman–Crippen LogP) is 13.3. The lowest BCUT2D eigenvalue weighted by molar-refractivity contribution is 0.666. The highest BCUT2D eigenvalue weighted by molar-refractivity contribution is 6.31. The molecule has 0 saturated heterocycles. The summed E-state index contributed by atoms with van der Waals surface area (Å²) in [7, 11) is 0. The number of aryl methyl sites for hydroxylation is 4. The minimum absolute atomic E-state index is 0.200. The molecule has 1 aliphatic carbocycles. The molecule has 0 unspecified atom stereocenters. The Morgan fingerprint density at radius 2 is 1.17 bits per heavy atom. The Morgan fingerprint density at radius 1 is 0.479 bits per heavy atom. The lowest BCUT2D eigenvalue weighted by Gasteiger charge is -2.29. The van der Waals surface area contributed by atoms with Crippen molar-refractivity contribution in [3.8, 4) is 22.3 Å². The third-order valence-electron chi connectivity index (χ3n) is 10.9. The molecule has 0 aliphatic heterocycles. The summed E-state index contributed by atoms with van der Waals surface area (Å²) in [5.41, 5.74) is 16.9. The van der Waals surface area contributed by atoms with Gasteiger partial charge in [0.1, 0.15) is 0 Å². The molecule has 0 spiro atoms. The monoisotopic (exact) mass is 617 g/mol. The smallest absolute Gasteiger partial charge is 0.0490 e. The van der Waals surface area contributed by atoms with Crippen molar-refractivity contribution in [2.75, 3.05) is 4.90 Å². The number of hydrogen-bond donors (Lipinski definition) is 0. The first-order valence-electron chi connectivity index (χ1n) is 17.1. The van der Waals surface area contributed by atoms with Crippen LogP contribution in [0.4, 0.5) is 17.1 Å². The zero-order valence-corrected chi connectivity index (χ0v) is 28.6. The van der Waals surface area contributed by atoms with Crippen molar-refractivity contribution in [1.82, 2.24) is 0 Å². The molecule has 48 heavy (non-hydrogen) atoms. The van der Waals surface area contributed by atoms with Gasteiger partial charge in [-0.2, -0.15) is 0 Å². The molecule has 0 N–H and O–H groups in total. The largest absolute Gasteiger partial charge is 0.310 e. The molecule has 0 heterocycles. The molecule has 0 radical (unpaired) electrons. The first-order valence-corrected chi connectivity index (χ1v) is 17.1. The van der Waals surface area contributed by atoms with Gasteiger partial charge in [-0.05, 0) is 146 Å². The van der Waals surface area contributed by atoms with E-state index < -0.39 is 0 Å². The molecule has 1 aliphatic rings. The van der Waals surface area contributed by atoms with E-state index in [-0.39, 0.29) is 5.41 Å². The van der Waals surface area contributed by atoms with E-state index in [0.717, 1.165) is 5.69 Å². The molecule has 0 saturated carbocycles. The van der Waals surface area contributed by atoms with Crippen LogP contribution >= 0.6 is 0 Å². The van der Waals surface area contributed by atoms with Gasteiger partial charge in [0.25, 0.3) is 0 Å². The van der Waals surface area contributed by atoms with E-state index in [0.29, 0.717) is 0 Å². The van der Waals surface area contributed by atoms with E-state index in [4.69, 9.17) is 0 Å². The molecule has 0 atom stereocenters. The van der Waals surface area contributed by atoms with Gasteiger partial charge >= 0.3 is 0 Å². The van der Waals surface area contributed by atoms with Gasteiger partial charge < -0.3 is 4.90 Å². The topological polar surface area (TPSA) is 3.24 Å². The number of anilines is 3. The SMILES string of the molecule is Cc1cc(C)c(-c2cc3cccc4c5c(c6cccc2c6c34)C(C)(C)c2cc(N(c3ccccc3)c3ccccc3C)ccc2-5)c(C)c1. The quantitative estimate of drug-likeness (QED) is 0.178. The van der Waals surface area contributed by atoms with Crippen LogP contribution in [-0.4, -0.2) is 0 Å². The first-order chi connectivity index (χ1) is 23.2. The van der Waals surface area contributed by atoms with E-state index in [2.05, 4.69) is 174 Å². The fourth-order valence-electron chi connectivity index (χ4n) is 9.04. The van der Waals surface area contributed by atoms with Gasteiger partial charge in [-0.1, -0.05) is 110 Å². The number of benzene rings is 8. The first kappa shape index (κ1) is 28.8. The number of rotatable bonds is 4. The van der Waals surface area contributed by atoms with E-state index in [1.165, 1.54) is 99.3 Å². The number of para-hydroxylation sites is 2. The molecule has 0 aromatic heterocycles. The van der Waals surface area contributed by atoms with Crippen molar-refractivity contribution in [2.45, 2.75) is 47.0 Å². The summed E-state index contributed by atoms with van der Waals surface area (Å²) < 4.78 is 0. The number of fused-ring (bicyclic) bond motifs is 5. The Kier molecular flexibility index (Phi) is 6.18. The van der Waals surface area contributed by atoms with Crippen LogP contribution in [0.15, 0.2) is 127 Å². The van der Waals surface area contributed by atoms with Crippen LogP contribution in [0.1, 0.15) is 47.2 Å². The average molecular weight is 618 g/mol. The predicted molar refractivity (Wildman–Crippen MR) is 207 cm³/mol. The molecule has 232 valence electrons. The summed E-state index contributed by atoms with van der Waals surface area (Å²) in [6, 6.07) is 47.7. The zero-order valence-electron chi connectivity index (χ0n) is 28.6. The highest BCUT2D eigenvalue weighted by atomic mass is 15.1. The molecular weight excluding hydrogens is 579 g/mol. The van der Waals surface area contributed by atoms with E-state index in [1.807, 2.05) is 0 Å². The lowest BCUT2D eigenvalue weighted by atomic mass is 9.77. The van der Waals surface area contributed by atoms with Gasteiger partial charge in [-0.25, -0.2) is 0 Å². The molecule has 0 fully saturated rings. The Morgan fingerprint density at radius 3 is 1.94 bits per heavy atom. The second-order valence-corrected chi connectivity index (χ2v) is 14.4. The van der Waals surface area contributed by atoms with E-state index in [9.17, 15) is 0 Å². The second kappa shape index (κ2) is 10.3. The van der Waals surface area contributed by atoms with Crippen molar-refractivity contribution in [2.24, 2.45) is 0 Å². The fraction of sp³-hybridized carbons (Fsp3) is 0.149. The minimum Gasteiger partial charge on any atom is -0.310 e. The molecule has 0 bridgehead atoms. The van der Waals surface area contributed by atoms with Crippen molar-refractivity contribution in [1.29, 1.82) is 0 Å². The van der Waals surface area contributed by atoms with Gasteiger partial charge in [0.15, 0.2) is 0 Å². The molecule has 8 aromatic rings. The highest BCUT2D eigenvalue weighted by Gasteiger charge is 2.39. The lowest BCUT2D eigenvalue weighted by Crippen LogP contribution is -2.17. The summed E-state index contributed by atoms with van der Waals surface area (Å²) in [6.45, 7) is 13.8. The van der Waals surface area contributed by atoms with Gasteiger partial charge in [-0.3, -0.25) is 0 Å². The Hall–Kier alpha value is -5.40. The van der Waals surface area contributed by atoms with Crippen LogP contribution in [0.2, 0.25) is 0 Å². The Labute approximate surface area is 283 Å². The summed E-state index contributed by atoms with van der Waals surface area (Å²) >= 11 is 0. The molecule has 1 heteroatoms. The molecule has 0 amide bonds. The number of nitrogens with zero attached hydrogens (tertiary/aromatic N) is 1. The van der Waals surface area contributed by atoms with Crippen molar-refractivity contribution < 1.29 is 0 Å². The van der Waals surface area contributed by atoms with Crippen LogP contribution in [0.3, 0.4) is 0 Å². The summed E-state index contributed by atoms with van der Waals surface area (Å²) in [5.74, 6) is 0. The summed E-state index contributed by atoms with van der Waals surface area (Å²) in [5, 5.41) is 8.16. The van der Waals surface area contributed by atoms with Crippen LogP contribution in [0.5, 0.6) is 0 Å². The van der Waals surface area contributed by atoms with E-state index in [1.54, 1.807) is 0 Å². The van der Waals surface area contributed by atoms with Crippen LogP contribution < -0.4 is 4.90 Å². The van der Waals surface area contributed by atoms with Crippen LogP contribution in [0.25, 0.3) is 54.6 Å². The Bertz CT molecular complexity index is 2550. The highest BCUT2D eigenvalue weighted by Crippen LogP contribution is 2.57. The van der Waals surface area contributed by atoms with Crippen molar-refractivity contribution in [3.63, 3.8) is 0 Å². The maximum atomic E-state index is 2.46. The normalized spacial score (nSPS) is 13.4. The molecular formula is C47H39N. The van der Waals surface area contributed by atoms with Gasteiger partial charge in [0.05, 0.1) is 0 Å². The minimum atomic E-state index is -0.200. The average Bonchev–Trinajstić information content (AvgIpc) is 3.32. The fourth-order valence-corrected chi connectivity index (χ4v) is 9.04. The zero-order chi connectivity index (χ0) is 32.9. The van der Waals surface area contributed by atoms with E-state index >= 15 is 0 Å². The summed E-state index contributed by atoms with van der Waals surface area (Å²) in [6.07, 6.45) is 0. The molecule has 8 aromatic carbocycles. The van der Waals surface area contributed by atoms with Gasteiger partial charge in [0.2, 0.25) is 0 Å². The third-order valence-corrected chi connectivity index (χ3v) is 10.9. The van der Waals surface area contributed by atoms with Crippen molar-refractivity contribution in [3.05, 3.63) is 161 Å². The van der Waals surface area contributed by atoms with Crippen LogP contribution in [0, 0.1) is 27.7 Å². The molecule has 9 rings (SSSR count). The maximum Gasteiger partial charge on any atom is 0.0490 e. The standard InChI is InChI=1S/C47H39N/c1-28-24-30(3)42(31(4)25-28)39-26-32-15-12-19-37-43(32)44-35(39)18-13-20-38(44)46-45(37)36-23-22-34(27-40(36)47(46,5)6)48(33-16-8-7-9-17-33)41-21-11-10-14-29(41)2/h7-27H,1-6H3. The Balaban J connectivity index is 1.34. The third kappa shape index (κ3) is 3.97.